The van der Waals surface area contributed by atoms with Gasteiger partial charge in [0.2, 0.25) is 10.0 Å². The van der Waals surface area contributed by atoms with Gasteiger partial charge in [0.05, 0.1) is 17.6 Å². The van der Waals surface area contributed by atoms with Crippen molar-refractivity contribution < 1.29 is 8.42 Å². The van der Waals surface area contributed by atoms with Crippen LogP contribution < -0.4 is 5.32 Å². The number of aromatic nitrogens is 3. The second kappa shape index (κ2) is 9.11. The molecule has 7 nitrogen and oxygen atoms in total. The topological polar surface area (TPSA) is 88.1 Å². The molecule has 3 heterocycles. The van der Waals surface area contributed by atoms with Crippen LogP contribution in [0.15, 0.2) is 55.0 Å². The molecule has 1 aliphatic heterocycles. The van der Waals surface area contributed by atoms with Gasteiger partial charge in [-0.05, 0) is 43.9 Å². The van der Waals surface area contributed by atoms with Crippen molar-refractivity contribution >= 4 is 21.7 Å². The van der Waals surface area contributed by atoms with Crippen LogP contribution in [0.4, 0.5) is 11.6 Å². The number of benzene rings is 1. The van der Waals surface area contributed by atoms with E-state index in [9.17, 15) is 8.42 Å². The molecule has 1 aliphatic rings. The van der Waals surface area contributed by atoms with Crippen LogP contribution in [0.1, 0.15) is 41.1 Å². The van der Waals surface area contributed by atoms with Crippen molar-refractivity contribution in [1.29, 1.82) is 0 Å². The second-order valence-corrected chi connectivity index (χ2v) is 10.0. The summed E-state index contributed by atoms with van der Waals surface area (Å²) in [6, 6.07) is 11.5. The molecular formula is C23H27N5O2S. The van der Waals surface area contributed by atoms with Crippen molar-refractivity contribution in [1.82, 2.24) is 19.3 Å². The molecule has 0 atom stereocenters. The molecule has 4 rings (SSSR count). The Balaban J connectivity index is 1.39. The monoisotopic (exact) mass is 437 g/mol. The van der Waals surface area contributed by atoms with Gasteiger partial charge in [0.25, 0.3) is 0 Å². The maximum atomic E-state index is 12.9. The SMILES string of the molecule is Cc1ccc(CS(=O)(=O)N2CCC(c3cncc(Nc4ncccc4C)n3)CC2)cc1. The van der Waals surface area contributed by atoms with Gasteiger partial charge in [-0.3, -0.25) is 4.98 Å². The summed E-state index contributed by atoms with van der Waals surface area (Å²) in [5.74, 6) is 1.63. The summed E-state index contributed by atoms with van der Waals surface area (Å²) in [5.41, 5.74) is 3.86. The third-order valence-corrected chi connectivity index (χ3v) is 7.49. The van der Waals surface area contributed by atoms with Crippen molar-refractivity contribution in [3.63, 3.8) is 0 Å². The predicted octanol–water partition coefficient (Wildman–Crippen LogP) is 3.94. The fourth-order valence-electron chi connectivity index (χ4n) is 3.79. The van der Waals surface area contributed by atoms with Gasteiger partial charge in [0.15, 0.2) is 0 Å². The fraction of sp³-hybridized carbons (Fsp3) is 0.348. The number of pyridine rings is 1. The number of anilines is 2. The van der Waals surface area contributed by atoms with Crippen LogP contribution in [-0.2, 0) is 15.8 Å². The van der Waals surface area contributed by atoms with Gasteiger partial charge in [0, 0.05) is 31.4 Å². The molecule has 1 fully saturated rings. The van der Waals surface area contributed by atoms with E-state index in [0.29, 0.717) is 18.9 Å². The van der Waals surface area contributed by atoms with E-state index in [1.807, 2.05) is 50.2 Å². The standard InChI is InChI=1S/C23H27N5O2S/c1-17-5-7-19(8-6-17)16-31(29,30)28-12-9-20(10-13-28)21-14-24-15-22(26-21)27-23-18(2)4-3-11-25-23/h3-8,11,14-15,20H,9-10,12-13,16H2,1-2H3,(H,25,26,27). The molecule has 0 radical (unpaired) electrons. The van der Waals surface area contributed by atoms with E-state index in [1.165, 1.54) is 0 Å². The summed E-state index contributed by atoms with van der Waals surface area (Å²) in [6.45, 7) is 4.97. The first-order chi connectivity index (χ1) is 14.9. The normalized spacial score (nSPS) is 15.7. The largest absolute Gasteiger partial charge is 0.323 e. The van der Waals surface area contributed by atoms with Gasteiger partial charge in [-0.15, -0.1) is 0 Å². The maximum absolute atomic E-state index is 12.9. The van der Waals surface area contributed by atoms with Crippen molar-refractivity contribution in [3.05, 3.63) is 77.4 Å². The van der Waals surface area contributed by atoms with Crippen LogP contribution in [0.5, 0.6) is 0 Å². The van der Waals surface area contributed by atoms with Crippen molar-refractivity contribution in [2.75, 3.05) is 18.4 Å². The molecular weight excluding hydrogens is 410 g/mol. The van der Waals surface area contributed by atoms with E-state index in [0.717, 1.165) is 41.0 Å². The zero-order valence-corrected chi connectivity index (χ0v) is 18.6. The molecule has 8 heteroatoms. The van der Waals surface area contributed by atoms with Gasteiger partial charge in [-0.1, -0.05) is 35.9 Å². The van der Waals surface area contributed by atoms with Gasteiger partial charge >= 0.3 is 0 Å². The molecule has 0 bridgehead atoms. The Kier molecular flexibility index (Phi) is 6.29. The van der Waals surface area contributed by atoms with Gasteiger partial charge in [-0.2, -0.15) is 0 Å². The highest BCUT2D eigenvalue weighted by Gasteiger charge is 2.29. The third-order valence-electron chi connectivity index (χ3n) is 5.64. The zero-order valence-electron chi connectivity index (χ0n) is 17.8. The number of nitrogens with zero attached hydrogens (tertiary/aromatic N) is 4. The molecule has 0 saturated carbocycles. The van der Waals surface area contributed by atoms with Gasteiger partial charge < -0.3 is 5.32 Å². The Morgan fingerprint density at radius 2 is 1.81 bits per heavy atom. The molecule has 1 saturated heterocycles. The average molecular weight is 438 g/mol. The summed E-state index contributed by atoms with van der Waals surface area (Å²) in [6.07, 6.45) is 6.65. The van der Waals surface area contributed by atoms with E-state index in [2.05, 4.69) is 15.3 Å². The molecule has 0 aliphatic carbocycles. The van der Waals surface area contributed by atoms with Crippen LogP contribution >= 0.6 is 0 Å². The highest BCUT2D eigenvalue weighted by Crippen LogP contribution is 2.29. The molecule has 1 N–H and O–H groups in total. The minimum Gasteiger partial charge on any atom is -0.323 e. The van der Waals surface area contributed by atoms with E-state index in [-0.39, 0.29) is 11.7 Å². The number of rotatable bonds is 6. The lowest BCUT2D eigenvalue weighted by Gasteiger charge is -2.31. The lowest BCUT2D eigenvalue weighted by atomic mass is 9.95. The Morgan fingerprint density at radius 1 is 1.06 bits per heavy atom. The Morgan fingerprint density at radius 3 is 2.52 bits per heavy atom. The molecule has 0 amide bonds. The quantitative estimate of drug-likeness (QED) is 0.628. The maximum Gasteiger partial charge on any atom is 0.218 e. The minimum absolute atomic E-state index is 0.0422. The number of nitrogens with one attached hydrogen (secondary N) is 1. The molecule has 0 unspecified atom stereocenters. The molecule has 3 aromatic rings. The smallest absolute Gasteiger partial charge is 0.218 e. The van der Waals surface area contributed by atoms with E-state index in [1.54, 1.807) is 22.9 Å². The lowest BCUT2D eigenvalue weighted by Crippen LogP contribution is -2.38. The number of hydrogen-bond donors (Lipinski definition) is 1. The summed E-state index contributed by atoms with van der Waals surface area (Å²) in [5, 5.41) is 3.22. The Labute approximate surface area is 183 Å². The van der Waals surface area contributed by atoms with Crippen molar-refractivity contribution in [2.24, 2.45) is 0 Å². The first-order valence-corrected chi connectivity index (χ1v) is 12.1. The molecule has 162 valence electrons. The van der Waals surface area contributed by atoms with Crippen molar-refractivity contribution in [2.45, 2.75) is 38.4 Å². The Bertz CT molecular complexity index is 1140. The van der Waals surface area contributed by atoms with E-state index < -0.39 is 10.0 Å². The molecule has 1 aromatic carbocycles. The number of aryl methyl sites for hydroxylation is 2. The lowest BCUT2D eigenvalue weighted by molar-refractivity contribution is 0.316. The molecule has 0 spiro atoms. The average Bonchev–Trinajstić information content (AvgIpc) is 2.77. The summed E-state index contributed by atoms with van der Waals surface area (Å²) >= 11 is 0. The van der Waals surface area contributed by atoms with Gasteiger partial charge in [0.1, 0.15) is 11.6 Å². The number of hydrogen-bond acceptors (Lipinski definition) is 6. The summed E-state index contributed by atoms with van der Waals surface area (Å²) in [7, 11) is -3.33. The fourth-order valence-corrected chi connectivity index (χ4v) is 5.36. The van der Waals surface area contributed by atoms with Crippen LogP contribution in [0, 0.1) is 13.8 Å². The van der Waals surface area contributed by atoms with Crippen LogP contribution in [0.3, 0.4) is 0 Å². The summed E-state index contributed by atoms with van der Waals surface area (Å²) in [4.78, 5) is 13.4. The van der Waals surface area contributed by atoms with E-state index in [4.69, 9.17) is 4.98 Å². The van der Waals surface area contributed by atoms with Gasteiger partial charge in [-0.25, -0.2) is 22.7 Å². The van der Waals surface area contributed by atoms with Crippen LogP contribution in [-0.4, -0.2) is 40.8 Å². The van der Waals surface area contributed by atoms with E-state index >= 15 is 0 Å². The van der Waals surface area contributed by atoms with Crippen LogP contribution in [0.25, 0.3) is 0 Å². The Hall–Kier alpha value is -2.84. The van der Waals surface area contributed by atoms with Crippen molar-refractivity contribution in [3.8, 4) is 0 Å². The first-order valence-electron chi connectivity index (χ1n) is 10.4. The zero-order chi connectivity index (χ0) is 21.8. The predicted molar refractivity (Wildman–Crippen MR) is 122 cm³/mol. The minimum atomic E-state index is -3.33. The highest BCUT2D eigenvalue weighted by atomic mass is 32.2. The highest BCUT2D eigenvalue weighted by molar-refractivity contribution is 7.88. The van der Waals surface area contributed by atoms with Crippen LogP contribution in [0.2, 0.25) is 0 Å². The number of piperidine rings is 1. The number of sulfonamides is 1. The second-order valence-electron chi connectivity index (χ2n) is 8.04. The first kappa shape index (κ1) is 21.4. The third kappa shape index (κ3) is 5.26. The molecule has 31 heavy (non-hydrogen) atoms. The molecule has 2 aromatic heterocycles. The summed E-state index contributed by atoms with van der Waals surface area (Å²) < 4.78 is 27.3.